The van der Waals surface area contributed by atoms with Gasteiger partial charge in [0.2, 0.25) is 0 Å². The SMILES string of the molecule is CCc1c(OC)cccc1C(=O)NNCCCCC(C)(C)C. The Morgan fingerprint density at radius 3 is 2.55 bits per heavy atom. The number of unbranched alkanes of at least 4 members (excludes halogenated alkanes) is 1. The third-order valence-electron chi connectivity index (χ3n) is 3.63. The number of amides is 1. The molecule has 1 aromatic rings. The second-order valence-corrected chi connectivity index (χ2v) is 6.74. The number of nitrogens with one attached hydrogen (secondary N) is 2. The highest BCUT2D eigenvalue weighted by Crippen LogP contribution is 2.23. The van der Waals surface area contributed by atoms with Crippen molar-refractivity contribution in [3.63, 3.8) is 0 Å². The number of benzene rings is 1. The molecule has 4 nitrogen and oxygen atoms in total. The van der Waals surface area contributed by atoms with Crippen LogP contribution in [-0.4, -0.2) is 19.6 Å². The monoisotopic (exact) mass is 306 g/mol. The molecule has 22 heavy (non-hydrogen) atoms. The van der Waals surface area contributed by atoms with Gasteiger partial charge < -0.3 is 4.74 Å². The number of hydrogen-bond donors (Lipinski definition) is 2. The molecule has 0 aliphatic carbocycles. The molecule has 0 aromatic heterocycles. The quantitative estimate of drug-likeness (QED) is 0.568. The van der Waals surface area contributed by atoms with Crippen molar-refractivity contribution in [3.05, 3.63) is 29.3 Å². The Kier molecular flexibility index (Phi) is 7.39. The highest BCUT2D eigenvalue weighted by Gasteiger charge is 2.13. The first-order valence-corrected chi connectivity index (χ1v) is 8.08. The van der Waals surface area contributed by atoms with Gasteiger partial charge in [0.15, 0.2) is 0 Å². The van der Waals surface area contributed by atoms with Gasteiger partial charge in [-0.2, -0.15) is 0 Å². The Hall–Kier alpha value is -1.55. The number of ether oxygens (including phenoxy) is 1. The number of rotatable bonds is 8. The van der Waals surface area contributed by atoms with Crippen LogP contribution in [-0.2, 0) is 6.42 Å². The first kappa shape index (κ1) is 18.5. The average Bonchev–Trinajstić information content (AvgIpc) is 2.48. The molecule has 0 saturated heterocycles. The minimum atomic E-state index is -0.105. The average molecular weight is 306 g/mol. The van der Waals surface area contributed by atoms with Crippen molar-refractivity contribution in [2.24, 2.45) is 5.41 Å². The largest absolute Gasteiger partial charge is 0.496 e. The molecule has 1 rings (SSSR count). The minimum absolute atomic E-state index is 0.105. The summed E-state index contributed by atoms with van der Waals surface area (Å²) in [6.45, 7) is 9.55. The van der Waals surface area contributed by atoms with E-state index < -0.39 is 0 Å². The molecule has 2 N–H and O–H groups in total. The fourth-order valence-corrected chi connectivity index (χ4v) is 2.41. The maximum atomic E-state index is 12.3. The topological polar surface area (TPSA) is 50.4 Å². The predicted octanol–water partition coefficient (Wildman–Crippen LogP) is 3.71. The molecule has 0 atom stereocenters. The van der Waals surface area contributed by atoms with E-state index in [1.807, 2.05) is 25.1 Å². The number of hydrogen-bond acceptors (Lipinski definition) is 3. The summed E-state index contributed by atoms with van der Waals surface area (Å²) >= 11 is 0. The van der Waals surface area contributed by atoms with E-state index in [1.54, 1.807) is 7.11 Å². The zero-order valence-electron chi connectivity index (χ0n) is 14.6. The second-order valence-electron chi connectivity index (χ2n) is 6.74. The lowest BCUT2D eigenvalue weighted by molar-refractivity contribution is 0.0931. The minimum Gasteiger partial charge on any atom is -0.496 e. The molecule has 0 bridgehead atoms. The van der Waals surface area contributed by atoms with Gasteiger partial charge in [-0.1, -0.05) is 40.2 Å². The molecule has 1 aromatic carbocycles. The summed E-state index contributed by atoms with van der Waals surface area (Å²) in [6.07, 6.45) is 4.17. The lowest BCUT2D eigenvalue weighted by atomic mass is 9.90. The molecular formula is C18H30N2O2. The fraction of sp³-hybridized carbons (Fsp3) is 0.611. The van der Waals surface area contributed by atoms with Crippen LogP contribution in [0.2, 0.25) is 0 Å². The summed E-state index contributed by atoms with van der Waals surface area (Å²) in [5.41, 5.74) is 7.78. The lowest BCUT2D eigenvalue weighted by Crippen LogP contribution is -2.38. The molecule has 0 saturated carbocycles. The van der Waals surface area contributed by atoms with Crippen LogP contribution in [0.15, 0.2) is 18.2 Å². The molecule has 0 aliphatic rings. The maximum absolute atomic E-state index is 12.3. The van der Waals surface area contributed by atoms with Crippen LogP contribution in [0.25, 0.3) is 0 Å². The van der Waals surface area contributed by atoms with E-state index in [2.05, 4.69) is 31.6 Å². The van der Waals surface area contributed by atoms with Crippen molar-refractivity contribution >= 4 is 5.91 Å². The van der Waals surface area contributed by atoms with Crippen molar-refractivity contribution in [2.75, 3.05) is 13.7 Å². The van der Waals surface area contributed by atoms with Crippen LogP contribution in [0.1, 0.15) is 62.9 Å². The normalized spacial score (nSPS) is 11.3. The van der Waals surface area contributed by atoms with E-state index in [0.29, 0.717) is 11.0 Å². The standard InChI is InChI=1S/C18H30N2O2/c1-6-14-15(10-9-11-16(14)22-5)17(21)20-19-13-8-7-12-18(2,3)4/h9-11,19H,6-8,12-13H2,1-5H3,(H,20,21). The van der Waals surface area contributed by atoms with Crippen molar-refractivity contribution < 1.29 is 9.53 Å². The van der Waals surface area contributed by atoms with Gasteiger partial charge in [0, 0.05) is 17.7 Å². The molecule has 0 unspecified atom stereocenters. The van der Waals surface area contributed by atoms with E-state index in [0.717, 1.165) is 37.1 Å². The van der Waals surface area contributed by atoms with Crippen LogP contribution in [0.5, 0.6) is 5.75 Å². The van der Waals surface area contributed by atoms with Crippen LogP contribution in [0.4, 0.5) is 0 Å². The smallest absolute Gasteiger partial charge is 0.265 e. The van der Waals surface area contributed by atoms with Gasteiger partial charge in [0.25, 0.3) is 5.91 Å². The van der Waals surface area contributed by atoms with Crippen molar-refractivity contribution in [1.29, 1.82) is 0 Å². The van der Waals surface area contributed by atoms with E-state index >= 15 is 0 Å². The number of methoxy groups -OCH3 is 1. The summed E-state index contributed by atoms with van der Waals surface area (Å²) in [6, 6.07) is 5.56. The van der Waals surface area contributed by atoms with Gasteiger partial charge in [-0.05, 0) is 36.8 Å². The third-order valence-corrected chi connectivity index (χ3v) is 3.63. The summed E-state index contributed by atoms with van der Waals surface area (Å²) in [7, 11) is 1.63. The predicted molar refractivity (Wildman–Crippen MR) is 91.1 cm³/mol. The van der Waals surface area contributed by atoms with E-state index in [9.17, 15) is 4.79 Å². The highest BCUT2D eigenvalue weighted by molar-refractivity contribution is 5.96. The molecule has 0 heterocycles. The van der Waals surface area contributed by atoms with E-state index in [4.69, 9.17) is 4.74 Å². The Labute approximate surface area is 134 Å². The van der Waals surface area contributed by atoms with E-state index in [-0.39, 0.29) is 5.91 Å². The van der Waals surface area contributed by atoms with Gasteiger partial charge >= 0.3 is 0 Å². The van der Waals surface area contributed by atoms with Gasteiger partial charge in [-0.3, -0.25) is 10.2 Å². The van der Waals surface area contributed by atoms with Crippen molar-refractivity contribution in [3.8, 4) is 5.75 Å². The molecular weight excluding hydrogens is 276 g/mol. The van der Waals surface area contributed by atoms with Crippen LogP contribution >= 0.6 is 0 Å². The Balaban J connectivity index is 2.43. The molecule has 0 fully saturated rings. The van der Waals surface area contributed by atoms with Crippen molar-refractivity contribution in [1.82, 2.24) is 10.9 Å². The van der Waals surface area contributed by atoms with Crippen LogP contribution in [0, 0.1) is 5.41 Å². The first-order valence-electron chi connectivity index (χ1n) is 8.08. The van der Waals surface area contributed by atoms with Crippen molar-refractivity contribution in [2.45, 2.75) is 53.4 Å². The van der Waals surface area contributed by atoms with E-state index in [1.165, 1.54) is 6.42 Å². The van der Waals surface area contributed by atoms with Crippen LogP contribution in [0.3, 0.4) is 0 Å². The van der Waals surface area contributed by atoms with Crippen LogP contribution < -0.4 is 15.6 Å². The third kappa shape index (κ3) is 6.06. The number of carbonyl (C=O) groups excluding carboxylic acids is 1. The number of hydrazine groups is 1. The summed E-state index contributed by atoms with van der Waals surface area (Å²) in [5.74, 6) is 0.659. The van der Waals surface area contributed by atoms with Gasteiger partial charge in [-0.15, -0.1) is 0 Å². The number of carbonyl (C=O) groups is 1. The Bertz CT molecular complexity index is 478. The maximum Gasteiger partial charge on any atom is 0.265 e. The molecule has 1 amide bonds. The molecule has 0 spiro atoms. The zero-order chi connectivity index (χ0) is 16.6. The molecule has 0 aliphatic heterocycles. The summed E-state index contributed by atoms with van der Waals surface area (Å²) in [5, 5.41) is 0. The Morgan fingerprint density at radius 2 is 1.95 bits per heavy atom. The zero-order valence-corrected chi connectivity index (χ0v) is 14.6. The molecule has 0 radical (unpaired) electrons. The Morgan fingerprint density at radius 1 is 1.23 bits per heavy atom. The fourth-order valence-electron chi connectivity index (χ4n) is 2.41. The van der Waals surface area contributed by atoms with Gasteiger partial charge in [0.1, 0.15) is 5.75 Å². The first-order chi connectivity index (χ1) is 10.4. The second kappa shape index (κ2) is 8.79. The highest BCUT2D eigenvalue weighted by atomic mass is 16.5. The summed E-state index contributed by atoms with van der Waals surface area (Å²) < 4.78 is 5.32. The molecule has 4 heteroatoms. The molecule has 124 valence electrons. The summed E-state index contributed by atoms with van der Waals surface area (Å²) in [4.78, 5) is 12.3. The van der Waals surface area contributed by atoms with Gasteiger partial charge in [-0.25, -0.2) is 5.43 Å². The lowest BCUT2D eigenvalue weighted by Gasteiger charge is -2.17. The van der Waals surface area contributed by atoms with Gasteiger partial charge in [0.05, 0.1) is 7.11 Å².